The van der Waals surface area contributed by atoms with E-state index >= 15 is 0 Å². The molecular weight excluding hydrogens is 356 g/mol. The van der Waals surface area contributed by atoms with E-state index in [0.29, 0.717) is 18.0 Å². The number of rotatable bonds is 6. The number of nitrogens with one attached hydrogen (secondary N) is 1. The fraction of sp³-hybridized carbons (Fsp3) is 0.222. The van der Waals surface area contributed by atoms with Gasteiger partial charge in [0.1, 0.15) is 10.6 Å². The lowest BCUT2D eigenvalue weighted by molar-refractivity contribution is -0.116. The van der Waals surface area contributed by atoms with E-state index in [0.717, 1.165) is 4.31 Å². The molecule has 0 aromatic heterocycles. The number of sulfonamides is 1. The normalized spacial score (nSPS) is 14.8. The molecule has 0 spiro atoms. The molecule has 26 heavy (non-hydrogen) atoms. The third-order valence-corrected chi connectivity index (χ3v) is 5.74. The molecule has 2 aromatic rings. The molecule has 8 heteroatoms. The summed E-state index contributed by atoms with van der Waals surface area (Å²) in [5.41, 5.74) is 0.705. The van der Waals surface area contributed by atoms with Crippen molar-refractivity contribution in [1.29, 1.82) is 0 Å². The highest BCUT2D eigenvalue weighted by Crippen LogP contribution is 2.29. The Morgan fingerprint density at radius 2 is 1.81 bits per heavy atom. The standard InChI is InChI=1S/C18H18N2O5S/c1-2-25-14-9-7-13(8-10-14)19-17(21)11-12-20-18(22)15-5-3-4-6-16(15)26(20,23)24/h3-10H,2,11-12H2,1H3,(H,19,21). The largest absolute Gasteiger partial charge is 0.494 e. The molecular formula is C18H18N2O5S. The fourth-order valence-electron chi connectivity index (χ4n) is 2.68. The lowest BCUT2D eigenvalue weighted by Crippen LogP contribution is -2.33. The Kier molecular flexibility index (Phi) is 4.94. The fourth-order valence-corrected chi connectivity index (χ4v) is 4.25. The summed E-state index contributed by atoms with van der Waals surface area (Å²) in [6.45, 7) is 2.22. The molecule has 0 unspecified atom stereocenters. The van der Waals surface area contributed by atoms with E-state index in [4.69, 9.17) is 4.74 Å². The SMILES string of the molecule is CCOc1ccc(NC(=O)CCN2C(=O)c3ccccc3S2(=O)=O)cc1. The van der Waals surface area contributed by atoms with Crippen molar-refractivity contribution in [1.82, 2.24) is 4.31 Å². The van der Waals surface area contributed by atoms with Crippen LogP contribution in [0.1, 0.15) is 23.7 Å². The first-order valence-corrected chi connectivity index (χ1v) is 9.56. The van der Waals surface area contributed by atoms with E-state index in [2.05, 4.69) is 5.32 Å². The van der Waals surface area contributed by atoms with Gasteiger partial charge >= 0.3 is 0 Å². The maximum absolute atomic E-state index is 12.4. The summed E-state index contributed by atoms with van der Waals surface area (Å²) < 4.78 is 30.9. The second kappa shape index (κ2) is 7.17. The van der Waals surface area contributed by atoms with Crippen LogP contribution in [0, 0.1) is 0 Å². The van der Waals surface area contributed by atoms with Crippen molar-refractivity contribution in [3.05, 3.63) is 54.1 Å². The number of anilines is 1. The van der Waals surface area contributed by atoms with Crippen LogP contribution in [0.3, 0.4) is 0 Å². The molecule has 2 amide bonds. The second-order valence-electron chi connectivity index (χ2n) is 5.63. The molecule has 0 radical (unpaired) electrons. The summed E-state index contributed by atoms with van der Waals surface area (Å²) in [7, 11) is -3.89. The molecule has 1 heterocycles. The molecule has 0 atom stereocenters. The number of ether oxygens (including phenoxy) is 1. The Morgan fingerprint density at radius 1 is 1.12 bits per heavy atom. The molecule has 1 N–H and O–H groups in total. The molecule has 3 rings (SSSR count). The molecule has 136 valence electrons. The maximum Gasteiger partial charge on any atom is 0.269 e. The smallest absolute Gasteiger partial charge is 0.269 e. The summed E-state index contributed by atoms with van der Waals surface area (Å²) in [6, 6.07) is 12.9. The molecule has 7 nitrogen and oxygen atoms in total. The lowest BCUT2D eigenvalue weighted by Gasteiger charge is -2.14. The molecule has 0 saturated carbocycles. The number of carbonyl (C=O) groups excluding carboxylic acids is 2. The van der Waals surface area contributed by atoms with Crippen molar-refractivity contribution >= 4 is 27.5 Å². The van der Waals surface area contributed by atoms with Gasteiger partial charge in [-0.2, -0.15) is 0 Å². The number of hydrogen-bond donors (Lipinski definition) is 1. The van der Waals surface area contributed by atoms with Gasteiger partial charge in [0, 0.05) is 18.7 Å². The van der Waals surface area contributed by atoms with E-state index in [1.54, 1.807) is 36.4 Å². The highest BCUT2D eigenvalue weighted by atomic mass is 32.2. The number of fused-ring (bicyclic) bond motifs is 1. The van der Waals surface area contributed by atoms with E-state index in [9.17, 15) is 18.0 Å². The second-order valence-corrected chi connectivity index (χ2v) is 7.46. The predicted octanol–water partition coefficient (Wildman–Crippen LogP) is 2.26. The quantitative estimate of drug-likeness (QED) is 0.837. The van der Waals surface area contributed by atoms with Gasteiger partial charge in [-0.25, -0.2) is 12.7 Å². The first-order chi connectivity index (χ1) is 12.4. The van der Waals surface area contributed by atoms with Crippen LogP contribution in [0.2, 0.25) is 0 Å². The molecule has 1 aliphatic heterocycles. The van der Waals surface area contributed by atoms with E-state index < -0.39 is 15.9 Å². The topological polar surface area (TPSA) is 92.8 Å². The Labute approximate surface area is 151 Å². The van der Waals surface area contributed by atoms with Crippen molar-refractivity contribution in [2.24, 2.45) is 0 Å². The predicted molar refractivity (Wildman–Crippen MR) is 95.5 cm³/mol. The number of nitrogens with zero attached hydrogens (tertiary/aromatic N) is 1. The van der Waals surface area contributed by atoms with Crippen molar-refractivity contribution in [2.75, 3.05) is 18.5 Å². The van der Waals surface area contributed by atoms with Gasteiger partial charge in [-0.1, -0.05) is 12.1 Å². The van der Waals surface area contributed by atoms with Crippen molar-refractivity contribution < 1.29 is 22.7 Å². The Balaban J connectivity index is 1.62. The zero-order valence-corrected chi connectivity index (χ0v) is 15.0. The number of amides is 2. The molecule has 0 saturated heterocycles. The van der Waals surface area contributed by atoms with Crippen LogP contribution >= 0.6 is 0 Å². The highest BCUT2D eigenvalue weighted by molar-refractivity contribution is 7.90. The van der Waals surface area contributed by atoms with Crippen LogP contribution in [-0.2, 0) is 14.8 Å². The van der Waals surface area contributed by atoms with Crippen molar-refractivity contribution in [2.45, 2.75) is 18.2 Å². The van der Waals surface area contributed by atoms with Gasteiger partial charge in [0.2, 0.25) is 5.91 Å². The Morgan fingerprint density at radius 3 is 2.46 bits per heavy atom. The monoisotopic (exact) mass is 374 g/mol. The molecule has 2 aromatic carbocycles. The van der Waals surface area contributed by atoms with Gasteiger partial charge in [-0.05, 0) is 43.3 Å². The van der Waals surface area contributed by atoms with Gasteiger partial charge in [0.25, 0.3) is 15.9 Å². The first-order valence-electron chi connectivity index (χ1n) is 8.12. The van der Waals surface area contributed by atoms with Gasteiger partial charge < -0.3 is 10.1 Å². The third-order valence-electron chi connectivity index (χ3n) is 3.90. The average molecular weight is 374 g/mol. The van der Waals surface area contributed by atoms with Crippen LogP contribution in [0.25, 0.3) is 0 Å². The van der Waals surface area contributed by atoms with Crippen LogP contribution in [0.15, 0.2) is 53.4 Å². The summed E-state index contributed by atoms with van der Waals surface area (Å²) >= 11 is 0. The number of hydrogen-bond acceptors (Lipinski definition) is 5. The lowest BCUT2D eigenvalue weighted by atomic mass is 10.2. The summed E-state index contributed by atoms with van der Waals surface area (Å²) in [5.74, 6) is -0.292. The Bertz CT molecular complexity index is 938. The van der Waals surface area contributed by atoms with E-state index in [-0.39, 0.29) is 29.3 Å². The van der Waals surface area contributed by atoms with Gasteiger partial charge in [-0.15, -0.1) is 0 Å². The third kappa shape index (κ3) is 3.41. The minimum Gasteiger partial charge on any atom is -0.494 e. The van der Waals surface area contributed by atoms with Crippen LogP contribution in [0.5, 0.6) is 5.75 Å². The van der Waals surface area contributed by atoms with Gasteiger partial charge in [0.15, 0.2) is 0 Å². The van der Waals surface area contributed by atoms with E-state index in [1.807, 2.05) is 6.92 Å². The minimum absolute atomic E-state index is 0.0167. The molecule has 0 aliphatic carbocycles. The van der Waals surface area contributed by atoms with Crippen molar-refractivity contribution in [3.63, 3.8) is 0 Å². The summed E-state index contributed by atoms with van der Waals surface area (Å²) in [4.78, 5) is 24.4. The van der Waals surface area contributed by atoms with Gasteiger partial charge in [-0.3, -0.25) is 9.59 Å². The van der Waals surface area contributed by atoms with Crippen LogP contribution < -0.4 is 10.1 Å². The molecule has 0 fully saturated rings. The Hall–Kier alpha value is -2.87. The van der Waals surface area contributed by atoms with Crippen LogP contribution in [0.4, 0.5) is 5.69 Å². The number of carbonyl (C=O) groups is 2. The summed E-state index contributed by atoms with van der Waals surface area (Å²) in [6.07, 6.45) is -0.133. The molecule has 1 aliphatic rings. The van der Waals surface area contributed by atoms with Crippen molar-refractivity contribution in [3.8, 4) is 5.75 Å². The van der Waals surface area contributed by atoms with Gasteiger partial charge in [0.05, 0.1) is 12.2 Å². The minimum atomic E-state index is -3.89. The van der Waals surface area contributed by atoms with E-state index in [1.165, 1.54) is 12.1 Å². The zero-order chi connectivity index (χ0) is 18.7. The molecule has 0 bridgehead atoms. The first kappa shape index (κ1) is 17.9. The zero-order valence-electron chi connectivity index (χ0n) is 14.1. The average Bonchev–Trinajstić information content (AvgIpc) is 2.82. The summed E-state index contributed by atoms with van der Waals surface area (Å²) in [5, 5.41) is 2.67. The highest BCUT2D eigenvalue weighted by Gasteiger charge is 2.40. The van der Waals surface area contributed by atoms with Crippen LogP contribution in [-0.4, -0.2) is 37.7 Å². The maximum atomic E-state index is 12.4. The number of benzene rings is 2.